The number of ether oxygens (including phenoxy) is 1. The molecule has 0 spiro atoms. The zero-order valence-corrected chi connectivity index (χ0v) is 12.8. The van der Waals surface area contributed by atoms with Gasteiger partial charge in [-0.15, -0.1) is 22.7 Å². The first-order chi connectivity index (χ1) is 9.38. The summed E-state index contributed by atoms with van der Waals surface area (Å²) in [6.45, 7) is 4.08. The van der Waals surface area contributed by atoms with Gasteiger partial charge in [0.25, 0.3) is 0 Å². The highest BCUT2D eigenvalue weighted by Crippen LogP contribution is 2.37. The van der Waals surface area contributed by atoms with Gasteiger partial charge in [-0.1, -0.05) is 6.92 Å². The van der Waals surface area contributed by atoms with Gasteiger partial charge in [0.2, 0.25) is 0 Å². The molecule has 1 atom stereocenters. The van der Waals surface area contributed by atoms with Gasteiger partial charge in [0.15, 0.2) is 0 Å². The quantitative estimate of drug-likeness (QED) is 0.863. The predicted octanol–water partition coefficient (Wildman–Crippen LogP) is 4.70. The van der Waals surface area contributed by atoms with E-state index in [1.54, 1.807) is 0 Å². The van der Waals surface area contributed by atoms with Crippen molar-refractivity contribution in [1.29, 1.82) is 0 Å². The van der Waals surface area contributed by atoms with Crippen molar-refractivity contribution in [2.45, 2.75) is 32.2 Å². The third-order valence-corrected chi connectivity index (χ3v) is 5.45. The van der Waals surface area contributed by atoms with Crippen LogP contribution in [-0.2, 0) is 4.74 Å². The fraction of sp³-hybridized carbons (Fsp3) is 0.467. The highest BCUT2D eigenvalue weighted by molar-refractivity contribution is 7.27. The van der Waals surface area contributed by atoms with E-state index in [2.05, 4.69) is 35.8 Å². The summed E-state index contributed by atoms with van der Waals surface area (Å²) in [5.74, 6) is 1.12. The van der Waals surface area contributed by atoms with Gasteiger partial charge in [-0.05, 0) is 49.4 Å². The fourth-order valence-corrected chi connectivity index (χ4v) is 4.54. The third kappa shape index (κ3) is 2.86. The molecule has 0 amide bonds. The average molecular weight is 293 g/mol. The second-order valence-electron chi connectivity index (χ2n) is 4.78. The van der Waals surface area contributed by atoms with Gasteiger partial charge in [-0.25, -0.2) is 0 Å². The first-order valence-electron chi connectivity index (χ1n) is 6.91. The summed E-state index contributed by atoms with van der Waals surface area (Å²) in [7, 11) is 0. The molecule has 1 N–H and O–H groups in total. The van der Waals surface area contributed by atoms with Gasteiger partial charge >= 0.3 is 0 Å². The van der Waals surface area contributed by atoms with Crippen LogP contribution in [-0.4, -0.2) is 13.2 Å². The number of rotatable bonds is 5. The minimum Gasteiger partial charge on any atom is -0.496 e. The van der Waals surface area contributed by atoms with Crippen LogP contribution in [0.25, 0.3) is 9.40 Å². The lowest BCUT2D eigenvalue weighted by molar-refractivity contribution is 0.168. The van der Waals surface area contributed by atoms with Gasteiger partial charge in [0.05, 0.1) is 12.6 Å². The van der Waals surface area contributed by atoms with Crippen LogP contribution in [0.4, 0.5) is 0 Å². The Labute approximate surface area is 122 Å². The fourth-order valence-electron chi connectivity index (χ4n) is 2.33. The maximum absolute atomic E-state index is 5.87. The van der Waals surface area contributed by atoms with Crippen molar-refractivity contribution in [2.75, 3.05) is 13.2 Å². The van der Waals surface area contributed by atoms with Crippen molar-refractivity contribution in [3.05, 3.63) is 34.2 Å². The molecule has 1 unspecified atom stereocenters. The highest BCUT2D eigenvalue weighted by Gasteiger charge is 2.21. The van der Waals surface area contributed by atoms with Crippen molar-refractivity contribution in [3.8, 4) is 0 Å². The lowest BCUT2D eigenvalue weighted by Gasteiger charge is -2.24. The zero-order chi connectivity index (χ0) is 13.1. The highest BCUT2D eigenvalue weighted by atomic mass is 32.1. The van der Waals surface area contributed by atoms with Crippen LogP contribution < -0.4 is 5.32 Å². The Bertz CT molecular complexity index is 541. The summed E-state index contributed by atoms with van der Waals surface area (Å²) >= 11 is 3.70. The average Bonchev–Trinajstić information content (AvgIpc) is 3.02. The predicted molar refractivity (Wildman–Crippen MR) is 84.0 cm³/mol. The standard InChI is InChI=1S/C15H19NOS2/c1-2-7-16-15(11-5-3-4-8-17-11)14-10-13-12(19-14)6-9-18-13/h5-6,9-10,15-16H,2-4,7-8H2,1H3. The molecule has 0 aliphatic carbocycles. The maximum Gasteiger partial charge on any atom is 0.114 e. The van der Waals surface area contributed by atoms with Crippen LogP contribution in [0.15, 0.2) is 29.3 Å². The lowest BCUT2D eigenvalue weighted by Crippen LogP contribution is -2.25. The van der Waals surface area contributed by atoms with Crippen molar-refractivity contribution in [1.82, 2.24) is 5.32 Å². The van der Waals surface area contributed by atoms with Crippen LogP contribution in [0, 0.1) is 0 Å². The topological polar surface area (TPSA) is 21.3 Å². The molecular formula is C15H19NOS2. The number of fused-ring (bicyclic) bond motifs is 1. The van der Waals surface area contributed by atoms with Crippen LogP contribution in [0.1, 0.15) is 37.1 Å². The summed E-state index contributed by atoms with van der Waals surface area (Å²) < 4.78 is 8.65. The van der Waals surface area contributed by atoms with Gasteiger partial charge in [0.1, 0.15) is 5.76 Å². The smallest absolute Gasteiger partial charge is 0.114 e. The molecule has 0 saturated heterocycles. The maximum atomic E-state index is 5.87. The molecule has 2 nitrogen and oxygen atoms in total. The Hall–Kier alpha value is -0.840. The molecule has 0 radical (unpaired) electrons. The third-order valence-electron chi connectivity index (χ3n) is 3.29. The van der Waals surface area contributed by atoms with Crippen LogP contribution in [0.5, 0.6) is 0 Å². The second-order valence-corrected chi connectivity index (χ2v) is 6.85. The van der Waals surface area contributed by atoms with Crippen LogP contribution >= 0.6 is 22.7 Å². The zero-order valence-electron chi connectivity index (χ0n) is 11.1. The molecule has 1 aliphatic heterocycles. The number of hydrogen-bond acceptors (Lipinski definition) is 4. The summed E-state index contributed by atoms with van der Waals surface area (Å²) in [4.78, 5) is 1.38. The van der Waals surface area contributed by atoms with E-state index < -0.39 is 0 Å². The van der Waals surface area contributed by atoms with E-state index in [1.807, 2.05) is 22.7 Å². The Kier molecular flexibility index (Phi) is 4.21. The van der Waals surface area contributed by atoms with E-state index in [0.717, 1.165) is 38.2 Å². The van der Waals surface area contributed by atoms with E-state index >= 15 is 0 Å². The molecule has 1 aliphatic rings. The Morgan fingerprint density at radius 2 is 2.37 bits per heavy atom. The van der Waals surface area contributed by atoms with Crippen LogP contribution in [0.2, 0.25) is 0 Å². The molecule has 2 aromatic rings. The summed E-state index contributed by atoms with van der Waals surface area (Å²) in [6, 6.07) is 4.77. The van der Waals surface area contributed by atoms with Gasteiger partial charge in [-0.2, -0.15) is 0 Å². The van der Waals surface area contributed by atoms with E-state index in [9.17, 15) is 0 Å². The molecule has 19 heavy (non-hydrogen) atoms. The summed E-state index contributed by atoms with van der Waals surface area (Å²) in [5, 5.41) is 5.79. The molecule has 102 valence electrons. The molecule has 0 fully saturated rings. The monoisotopic (exact) mass is 293 g/mol. The van der Waals surface area contributed by atoms with E-state index in [4.69, 9.17) is 4.74 Å². The largest absolute Gasteiger partial charge is 0.496 e. The molecule has 0 aromatic carbocycles. The number of thiophene rings is 2. The summed E-state index contributed by atoms with van der Waals surface area (Å²) in [5.41, 5.74) is 0. The second kappa shape index (κ2) is 6.07. The van der Waals surface area contributed by atoms with Crippen molar-refractivity contribution in [3.63, 3.8) is 0 Å². The molecular weight excluding hydrogens is 274 g/mol. The molecule has 0 saturated carbocycles. The molecule has 3 rings (SSSR count). The molecule has 4 heteroatoms. The van der Waals surface area contributed by atoms with Gasteiger partial charge in [-0.3, -0.25) is 0 Å². The van der Waals surface area contributed by atoms with Gasteiger partial charge in [0, 0.05) is 14.3 Å². The van der Waals surface area contributed by atoms with E-state index in [1.165, 1.54) is 14.3 Å². The number of allylic oxidation sites excluding steroid dienone is 1. The molecule has 0 bridgehead atoms. The number of nitrogens with one attached hydrogen (secondary N) is 1. The van der Waals surface area contributed by atoms with Crippen molar-refractivity contribution < 1.29 is 4.74 Å². The minimum atomic E-state index is 0.241. The van der Waals surface area contributed by atoms with Crippen molar-refractivity contribution in [2.24, 2.45) is 0 Å². The van der Waals surface area contributed by atoms with E-state index in [-0.39, 0.29) is 6.04 Å². The van der Waals surface area contributed by atoms with Crippen LogP contribution in [0.3, 0.4) is 0 Å². The SMILES string of the molecule is CCCNC(C1=CCCCO1)c1cc2sccc2s1. The lowest BCUT2D eigenvalue weighted by atomic mass is 10.1. The van der Waals surface area contributed by atoms with E-state index in [0.29, 0.717) is 0 Å². The number of hydrogen-bond donors (Lipinski definition) is 1. The Balaban J connectivity index is 1.89. The first kappa shape index (κ1) is 13.2. The van der Waals surface area contributed by atoms with Crippen molar-refractivity contribution >= 4 is 32.1 Å². The normalized spacial score (nSPS) is 17.2. The first-order valence-corrected chi connectivity index (χ1v) is 8.61. The molecule has 3 heterocycles. The molecule has 2 aromatic heterocycles. The minimum absolute atomic E-state index is 0.241. The Morgan fingerprint density at radius 1 is 1.42 bits per heavy atom. The Morgan fingerprint density at radius 3 is 3.11 bits per heavy atom. The summed E-state index contributed by atoms with van der Waals surface area (Å²) in [6.07, 6.45) is 5.68. The van der Waals surface area contributed by atoms with Gasteiger partial charge < -0.3 is 10.1 Å².